The third kappa shape index (κ3) is 2.71. The number of hydrogen-bond donors (Lipinski definition) is 2. The van der Waals surface area contributed by atoms with Crippen LogP contribution in [-0.4, -0.2) is 18.5 Å². The second kappa shape index (κ2) is 4.97. The molecule has 3 heteroatoms. The zero-order valence-electron chi connectivity index (χ0n) is 10.2. The Bertz CT molecular complexity index is 211. The van der Waals surface area contributed by atoms with Gasteiger partial charge in [0.15, 0.2) is 0 Å². The lowest BCUT2D eigenvalue weighted by atomic mass is 9.81. The Labute approximate surface area is 92.8 Å². The molecule has 0 saturated heterocycles. The van der Waals surface area contributed by atoms with Crippen LogP contribution in [0.5, 0.6) is 0 Å². The van der Waals surface area contributed by atoms with Gasteiger partial charge in [0.2, 0.25) is 5.91 Å². The Morgan fingerprint density at radius 3 is 2.33 bits per heavy atom. The minimum atomic E-state index is -0.344. The fraction of sp³-hybridized carbons (Fsp3) is 0.917. The van der Waals surface area contributed by atoms with E-state index < -0.39 is 0 Å². The smallest absolute Gasteiger partial charge is 0.227 e. The number of carbonyl (C=O) groups excluding carboxylic acids is 1. The molecule has 0 spiro atoms. The van der Waals surface area contributed by atoms with E-state index in [9.17, 15) is 4.79 Å². The molecule has 1 saturated carbocycles. The molecule has 1 atom stereocenters. The van der Waals surface area contributed by atoms with E-state index in [1.54, 1.807) is 0 Å². The monoisotopic (exact) mass is 212 g/mol. The number of nitrogens with one attached hydrogen (secondary N) is 1. The quantitative estimate of drug-likeness (QED) is 0.703. The molecule has 0 aromatic carbocycles. The predicted molar refractivity (Wildman–Crippen MR) is 62.4 cm³/mol. The Morgan fingerprint density at radius 2 is 2.00 bits per heavy atom. The summed E-state index contributed by atoms with van der Waals surface area (Å²) in [6, 6.07) is 0.321. The van der Waals surface area contributed by atoms with Crippen LogP contribution in [0.3, 0.4) is 0 Å². The van der Waals surface area contributed by atoms with Crippen molar-refractivity contribution in [3.63, 3.8) is 0 Å². The summed E-state index contributed by atoms with van der Waals surface area (Å²) in [5.41, 5.74) is 5.39. The summed E-state index contributed by atoms with van der Waals surface area (Å²) in [5, 5.41) is 3.12. The highest BCUT2D eigenvalue weighted by Crippen LogP contribution is 2.33. The van der Waals surface area contributed by atoms with Gasteiger partial charge >= 0.3 is 0 Å². The molecule has 0 aromatic rings. The zero-order valence-corrected chi connectivity index (χ0v) is 10.2. The SMILES string of the molecule is CCC(CC)(CN)C(=O)NC(C)C1CC1. The number of rotatable bonds is 6. The summed E-state index contributed by atoms with van der Waals surface area (Å²) < 4.78 is 0. The Balaban J connectivity index is 2.55. The first-order chi connectivity index (χ1) is 7.09. The average molecular weight is 212 g/mol. The lowest BCUT2D eigenvalue weighted by molar-refractivity contribution is -0.131. The van der Waals surface area contributed by atoms with Crippen LogP contribution in [0.4, 0.5) is 0 Å². The topological polar surface area (TPSA) is 55.1 Å². The predicted octanol–water partition coefficient (Wildman–Crippen LogP) is 1.67. The molecule has 1 unspecified atom stereocenters. The second-order valence-corrected chi connectivity index (χ2v) is 4.79. The van der Waals surface area contributed by atoms with E-state index in [1.807, 2.05) is 13.8 Å². The molecule has 15 heavy (non-hydrogen) atoms. The van der Waals surface area contributed by atoms with E-state index >= 15 is 0 Å². The third-order valence-electron chi connectivity index (χ3n) is 3.91. The molecular formula is C12H24N2O. The maximum atomic E-state index is 12.1. The maximum Gasteiger partial charge on any atom is 0.227 e. The number of hydrogen-bond acceptors (Lipinski definition) is 2. The molecule has 0 aromatic heterocycles. The average Bonchev–Trinajstić information content (AvgIpc) is 3.04. The minimum absolute atomic E-state index is 0.148. The molecule has 3 nitrogen and oxygen atoms in total. The van der Waals surface area contributed by atoms with Crippen molar-refractivity contribution in [1.29, 1.82) is 0 Å². The summed E-state index contributed by atoms with van der Waals surface area (Å²) in [6.07, 6.45) is 4.16. The van der Waals surface area contributed by atoms with Crippen LogP contribution < -0.4 is 11.1 Å². The van der Waals surface area contributed by atoms with Crippen LogP contribution in [0.15, 0.2) is 0 Å². The molecule has 1 amide bonds. The van der Waals surface area contributed by atoms with Crippen molar-refractivity contribution >= 4 is 5.91 Å². The summed E-state index contributed by atoms with van der Waals surface area (Å²) >= 11 is 0. The molecule has 88 valence electrons. The normalized spacial score (nSPS) is 18.7. The summed E-state index contributed by atoms with van der Waals surface area (Å²) in [5.74, 6) is 0.854. The van der Waals surface area contributed by atoms with Crippen molar-refractivity contribution in [2.45, 2.75) is 52.5 Å². The first-order valence-corrected chi connectivity index (χ1v) is 6.10. The van der Waals surface area contributed by atoms with Crippen molar-refractivity contribution in [1.82, 2.24) is 5.32 Å². The summed E-state index contributed by atoms with van der Waals surface area (Å²) in [4.78, 5) is 12.1. The Hall–Kier alpha value is -0.570. The number of nitrogens with two attached hydrogens (primary N) is 1. The van der Waals surface area contributed by atoms with Crippen molar-refractivity contribution in [2.24, 2.45) is 17.1 Å². The highest BCUT2D eigenvalue weighted by molar-refractivity contribution is 5.83. The van der Waals surface area contributed by atoms with E-state index in [1.165, 1.54) is 12.8 Å². The zero-order chi connectivity index (χ0) is 11.5. The molecule has 0 aliphatic heterocycles. The van der Waals surface area contributed by atoms with E-state index in [2.05, 4.69) is 12.2 Å². The third-order valence-corrected chi connectivity index (χ3v) is 3.91. The van der Waals surface area contributed by atoms with E-state index in [4.69, 9.17) is 5.73 Å². The molecule has 0 heterocycles. The van der Waals surface area contributed by atoms with Gasteiger partial charge in [-0.05, 0) is 38.5 Å². The van der Waals surface area contributed by atoms with Crippen LogP contribution in [0, 0.1) is 11.3 Å². The van der Waals surface area contributed by atoms with E-state index in [0.29, 0.717) is 18.5 Å². The standard InChI is InChI=1S/C12H24N2O/c1-4-12(5-2,8-13)11(15)14-9(3)10-6-7-10/h9-10H,4-8,13H2,1-3H3,(H,14,15). The summed E-state index contributed by atoms with van der Waals surface area (Å²) in [7, 11) is 0. The largest absolute Gasteiger partial charge is 0.353 e. The Morgan fingerprint density at radius 1 is 1.47 bits per heavy atom. The van der Waals surface area contributed by atoms with Crippen molar-refractivity contribution < 1.29 is 4.79 Å². The van der Waals surface area contributed by atoms with Gasteiger partial charge < -0.3 is 11.1 Å². The molecule has 0 radical (unpaired) electrons. The van der Waals surface area contributed by atoms with Gasteiger partial charge in [-0.25, -0.2) is 0 Å². The minimum Gasteiger partial charge on any atom is -0.353 e. The molecule has 1 aliphatic carbocycles. The lowest BCUT2D eigenvalue weighted by Crippen LogP contribution is -2.48. The first kappa shape index (κ1) is 12.5. The van der Waals surface area contributed by atoms with Crippen LogP contribution >= 0.6 is 0 Å². The van der Waals surface area contributed by atoms with Crippen molar-refractivity contribution in [3.05, 3.63) is 0 Å². The van der Waals surface area contributed by atoms with Gasteiger partial charge in [-0.15, -0.1) is 0 Å². The second-order valence-electron chi connectivity index (χ2n) is 4.79. The molecular weight excluding hydrogens is 188 g/mol. The maximum absolute atomic E-state index is 12.1. The highest BCUT2D eigenvalue weighted by atomic mass is 16.2. The van der Waals surface area contributed by atoms with Gasteiger partial charge in [-0.1, -0.05) is 13.8 Å². The van der Waals surface area contributed by atoms with E-state index in [-0.39, 0.29) is 11.3 Å². The van der Waals surface area contributed by atoms with E-state index in [0.717, 1.165) is 12.8 Å². The fourth-order valence-electron chi connectivity index (χ4n) is 2.03. The van der Waals surface area contributed by atoms with Crippen molar-refractivity contribution in [2.75, 3.05) is 6.54 Å². The number of amides is 1. The van der Waals surface area contributed by atoms with Gasteiger partial charge in [0.25, 0.3) is 0 Å². The molecule has 0 bridgehead atoms. The highest BCUT2D eigenvalue weighted by Gasteiger charge is 2.36. The first-order valence-electron chi connectivity index (χ1n) is 6.10. The fourth-order valence-corrected chi connectivity index (χ4v) is 2.03. The Kier molecular flexibility index (Phi) is 4.14. The van der Waals surface area contributed by atoms with Crippen LogP contribution in [0.2, 0.25) is 0 Å². The van der Waals surface area contributed by atoms with Gasteiger partial charge in [-0.3, -0.25) is 4.79 Å². The van der Waals surface area contributed by atoms with Gasteiger partial charge in [0.05, 0.1) is 5.41 Å². The lowest BCUT2D eigenvalue weighted by Gasteiger charge is -2.30. The van der Waals surface area contributed by atoms with Crippen LogP contribution in [0.25, 0.3) is 0 Å². The van der Waals surface area contributed by atoms with Crippen LogP contribution in [0.1, 0.15) is 46.5 Å². The molecule has 1 aliphatic rings. The molecule has 1 rings (SSSR count). The van der Waals surface area contributed by atoms with Gasteiger partial charge in [0.1, 0.15) is 0 Å². The van der Waals surface area contributed by atoms with Gasteiger partial charge in [0, 0.05) is 12.6 Å². The van der Waals surface area contributed by atoms with Gasteiger partial charge in [-0.2, -0.15) is 0 Å². The van der Waals surface area contributed by atoms with Crippen molar-refractivity contribution in [3.8, 4) is 0 Å². The van der Waals surface area contributed by atoms with Crippen LogP contribution in [-0.2, 0) is 4.79 Å². The molecule has 1 fully saturated rings. The number of carbonyl (C=O) groups is 1. The summed E-state index contributed by atoms with van der Waals surface area (Å²) in [6.45, 7) is 6.63. The molecule has 3 N–H and O–H groups in total.